The summed E-state index contributed by atoms with van der Waals surface area (Å²) in [4.78, 5) is 16.3. The van der Waals surface area contributed by atoms with Crippen molar-refractivity contribution in [2.45, 2.75) is 102 Å². The normalized spacial score (nSPS) is 24.4. The number of hydrogen-bond donors (Lipinski definition) is 1. The summed E-state index contributed by atoms with van der Waals surface area (Å²) in [7, 11) is 6.14. The molecule has 0 spiro atoms. The van der Waals surface area contributed by atoms with Crippen LogP contribution in [0.2, 0.25) is 5.02 Å². The molecule has 9 heteroatoms. The van der Waals surface area contributed by atoms with Gasteiger partial charge in [0.15, 0.2) is 6.29 Å². The van der Waals surface area contributed by atoms with Gasteiger partial charge in [0.2, 0.25) is 0 Å². The Bertz CT molecular complexity index is 1260. The van der Waals surface area contributed by atoms with E-state index < -0.39 is 0 Å². The number of likely N-dealkylation sites (N-methyl/N-ethyl adjacent to an activating group) is 1. The van der Waals surface area contributed by atoms with Gasteiger partial charge in [-0.05, 0) is 107 Å². The number of aldehydes is 1. The summed E-state index contributed by atoms with van der Waals surface area (Å²) < 4.78 is 21.7. The fraction of sp³-hybridized carbons (Fsp3) is 0.667. The second-order valence-electron chi connectivity index (χ2n) is 13.9. The molecular weight excluding hydrogens is 642 g/mol. The standard InChI is InChI=1S/C31H41ClN2O4.C8H19NS/c1-4-5-23-13-26(32)9-10-28(23)25-16-34(29-12-21(17-35)6-11-30(29)36-18-25)15-24-8-7-22(24)14-31-37-19-27(20-38-31)33(2)3;1-4-6-7-8(5-2)10-9-3/h6,9-13,17,22,24-25,27,31H,4-5,7-8,14-16,18-20H2,1-3H3;8-9H,4-7H2,1-3H3. The quantitative estimate of drug-likeness (QED) is 0.146. The number of fused-ring (bicyclic) bond motifs is 1. The Morgan fingerprint density at radius 2 is 1.81 bits per heavy atom. The molecule has 1 saturated heterocycles. The van der Waals surface area contributed by atoms with Gasteiger partial charge in [0.25, 0.3) is 0 Å². The van der Waals surface area contributed by atoms with Gasteiger partial charge in [0.1, 0.15) is 12.0 Å². The number of halogens is 1. The Kier molecular flexibility index (Phi) is 16.4. The molecule has 5 rings (SSSR count). The third-order valence-corrected chi connectivity index (χ3v) is 11.6. The molecule has 2 aromatic carbocycles. The van der Waals surface area contributed by atoms with E-state index >= 15 is 0 Å². The van der Waals surface area contributed by atoms with Gasteiger partial charge in [-0.3, -0.25) is 9.52 Å². The molecule has 0 bridgehead atoms. The molecule has 2 aromatic rings. The van der Waals surface area contributed by atoms with Crippen molar-refractivity contribution >= 4 is 35.5 Å². The molecule has 2 aliphatic heterocycles. The van der Waals surface area contributed by atoms with Crippen LogP contribution in [0.4, 0.5) is 5.69 Å². The molecule has 1 N–H and O–H groups in total. The van der Waals surface area contributed by atoms with Crippen molar-refractivity contribution in [3.63, 3.8) is 0 Å². The first-order valence-electron chi connectivity index (χ1n) is 18.3. The third-order valence-electron chi connectivity index (χ3n) is 10.2. The van der Waals surface area contributed by atoms with Gasteiger partial charge in [-0.1, -0.05) is 69.6 Å². The van der Waals surface area contributed by atoms with Crippen molar-refractivity contribution in [3.8, 4) is 5.75 Å². The molecule has 4 atom stereocenters. The van der Waals surface area contributed by atoms with Crippen molar-refractivity contribution in [1.29, 1.82) is 0 Å². The average molecular weight is 702 g/mol. The van der Waals surface area contributed by atoms with Crippen molar-refractivity contribution in [1.82, 2.24) is 9.62 Å². The molecule has 48 heavy (non-hydrogen) atoms. The van der Waals surface area contributed by atoms with Crippen LogP contribution < -0.4 is 14.4 Å². The maximum Gasteiger partial charge on any atom is 0.158 e. The number of nitrogens with one attached hydrogen (secondary N) is 1. The second-order valence-corrected chi connectivity index (χ2v) is 15.6. The molecule has 3 aliphatic rings. The molecule has 0 amide bonds. The number of anilines is 1. The molecule has 268 valence electrons. The number of ether oxygens (including phenoxy) is 3. The molecular formula is C39H60ClN3O4S. The van der Waals surface area contributed by atoms with E-state index in [1.54, 1.807) is 0 Å². The number of rotatable bonds is 15. The van der Waals surface area contributed by atoms with Gasteiger partial charge in [-0.15, -0.1) is 0 Å². The molecule has 0 radical (unpaired) electrons. The monoisotopic (exact) mass is 701 g/mol. The number of aryl methyl sites for hydroxylation is 1. The van der Waals surface area contributed by atoms with Crippen LogP contribution in [0.5, 0.6) is 5.75 Å². The van der Waals surface area contributed by atoms with Gasteiger partial charge < -0.3 is 24.0 Å². The minimum Gasteiger partial charge on any atom is -0.491 e. The smallest absolute Gasteiger partial charge is 0.158 e. The fourth-order valence-electron chi connectivity index (χ4n) is 7.03. The molecule has 2 heterocycles. The zero-order valence-corrected chi connectivity index (χ0v) is 31.8. The minimum absolute atomic E-state index is 0.112. The van der Waals surface area contributed by atoms with E-state index in [1.807, 2.05) is 43.3 Å². The highest BCUT2D eigenvalue weighted by molar-refractivity contribution is 7.98. The van der Waals surface area contributed by atoms with E-state index in [1.165, 1.54) is 49.7 Å². The third kappa shape index (κ3) is 11.1. The van der Waals surface area contributed by atoms with Gasteiger partial charge >= 0.3 is 0 Å². The number of nitrogens with zero attached hydrogens (tertiary/aromatic N) is 2. The predicted molar refractivity (Wildman–Crippen MR) is 202 cm³/mol. The van der Waals surface area contributed by atoms with Gasteiger partial charge in [0.05, 0.1) is 31.5 Å². The zero-order chi connectivity index (χ0) is 34.5. The van der Waals surface area contributed by atoms with Crippen molar-refractivity contribution < 1.29 is 19.0 Å². The second kappa shape index (κ2) is 20.1. The molecule has 1 saturated carbocycles. The van der Waals surface area contributed by atoms with Crippen LogP contribution in [0, 0.1) is 11.8 Å². The summed E-state index contributed by atoms with van der Waals surface area (Å²) in [6.07, 6.45) is 11.6. The van der Waals surface area contributed by atoms with Gasteiger partial charge in [-0.2, -0.15) is 0 Å². The van der Waals surface area contributed by atoms with Crippen LogP contribution >= 0.6 is 23.5 Å². The van der Waals surface area contributed by atoms with Crippen LogP contribution in [0.3, 0.4) is 0 Å². The largest absolute Gasteiger partial charge is 0.491 e. The number of carbonyl (C=O) groups is 1. The van der Waals surface area contributed by atoms with Crippen molar-refractivity contribution in [3.05, 3.63) is 58.1 Å². The first-order valence-corrected chi connectivity index (χ1v) is 19.5. The van der Waals surface area contributed by atoms with Crippen molar-refractivity contribution in [2.24, 2.45) is 11.8 Å². The topological polar surface area (TPSA) is 63.3 Å². The summed E-state index contributed by atoms with van der Waals surface area (Å²) in [5.74, 6) is 2.20. The molecule has 0 aromatic heterocycles. The highest BCUT2D eigenvalue weighted by Crippen LogP contribution is 2.43. The Labute approximate surface area is 299 Å². The Morgan fingerprint density at radius 3 is 2.44 bits per heavy atom. The first-order chi connectivity index (χ1) is 23.3. The van der Waals surface area contributed by atoms with Crippen LogP contribution in [-0.4, -0.2) is 82.8 Å². The summed E-state index contributed by atoms with van der Waals surface area (Å²) >= 11 is 8.24. The van der Waals surface area contributed by atoms with E-state index in [4.69, 9.17) is 25.8 Å². The van der Waals surface area contributed by atoms with E-state index in [-0.39, 0.29) is 12.2 Å². The van der Waals surface area contributed by atoms with Crippen LogP contribution in [0.25, 0.3) is 0 Å². The Morgan fingerprint density at radius 1 is 1.04 bits per heavy atom. The SMILES string of the molecule is CCCCC(CC)SNC.CCCc1cc(Cl)ccc1C1COc2ccc(C=O)cc2N(CC2CCC2CC2OCC(N(C)C)CO2)C1. The summed E-state index contributed by atoms with van der Waals surface area (Å²) in [6.45, 7) is 10.5. The van der Waals surface area contributed by atoms with E-state index in [9.17, 15) is 4.79 Å². The van der Waals surface area contributed by atoms with Crippen LogP contribution in [0.15, 0.2) is 36.4 Å². The molecule has 7 nitrogen and oxygen atoms in total. The van der Waals surface area contributed by atoms with Gasteiger partial charge in [0, 0.05) is 41.3 Å². The number of benzene rings is 2. The summed E-state index contributed by atoms with van der Waals surface area (Å²) in [6, 6.07) is 12.4. The van der Waals surface area contributed by atoms with Crippen LogP contribution in [-0.2, 0) is 15.9 Å². The maximum absolute atomic E-state index is 11.6. The molecule has 4 unspecified atom stereocenters. The highest BCUT2D eigenvalue weighted by atomic mass is 35.5. The highest BCUT2D eigenvalue weighted by Gasteiger charge is 2.37. The summed E-state index contributed by atoms with van der Waals surface area (Å²) in [5.41, 5.74) is 4.32. The molecule has 2 fully saturated rings. The Balaban J connectivity index is 0.000000453. The number of carbonyl (C=O) groups excluding carboxylic acids is 1. The minimum atomic E-state index is -0.112. The predicted octanol–water partition coefficient (Wildman–Crippen LogP) is 8.63. The molecule has 1 aliphatic carbocycles. The average Bonchev–Trinajstić information content (AvgIpc) is 3.27. The van der Waals surface area contributed by atoms with Crippen LogP contribution in [0.1, 0.15) is 99.5 Å². The number of unbranched alkanes of at least 4 members (excludes halogenated alkanes) is 1. The summed E-state index contributed by atoms with van der Waals surface area (Å²) in [5, 5.41) is 1.61. The van der Waals surface area contributed by atoms with E-state index in [0.29, 0.717) is 30.0 Å². The van der Waals surface area contributed by atoms with Gasteiger partial charge in [-0.25, -0.2) is 0 Å². The Hall–Kier alpha value is -1.81. The maximum atomic E-state index is 11.6. The lowest BCUT2D eigenvalue weighted by Crippen LogP contribution is -2.46. The van der Waals surface area contributed by atoms with E-state index in [2.05, 4.69) is 61.5 Å². The lowest BCUT2D eigenvalue weighted by Gasteiger charge is -2.43. The lowest BCUT2D eigenvalue weighted by atomic mass is 9.71. The number of hydrogen-bond acceptors (Lipinski definition) is 8. The lowest BCUT2D eigenvalue weighted by molar-refractivity contribution is -0.212. The van der Waals surface area contributed by atoms with E-state index in [0.717, 1.165) is 73.6 Å². The zero-order valence-electron chi connectivity index (χ0n) is 30.2. The van der Waals surface area contributed by atoms with Crippen molar-refractivity contribution in [2.75, 3.05) is 59.0 Å². The first kappa shape index (κ1) is 39.0. The fourth-order valence-corrected chi connectivity index (χ4v) is 8.01.